The first-order valence-electron chi connectivity index (χ1n) is 5.53. The Kier molecular flexibility index (Phi) is 3.60. The predicted octanol–water partition coefficient (Wildman–Crippen LogP) is 1.76. The smallest absolute Gasteiger partial charge is 0.335 e. The Labute approximate surface area is 113 Å². The number of pyridine rings is 1. The number of hydrogen-bond acceptors (Lipinski definition) is 4. The summed E-state index contributed by atoms with van der Waals surface area (Å²) in [6.07, 6.45) is 1.41. The number of anilines is 2. The monoisotopic (exact) mass is 275 g/mol. The van der Waals surface area contributed by atoms with Gasteiger partial charge in [0.15, 0.2) is 0 Å². The van der Waals surface area contributed by atoms with E-state index in [2.05, 4.69) is 10.3 Å². The van der Waals surface area contributed by atoms with E-state index < -0.39 is 17.7 Å². The molecular weight excluding hydrogens is 265 g/mol. The lowest BCUT2D eigenvalue weighted by Gasteiger charge is -2.09. The van der Waals surface area contributed by atoms with Crippen LogP contribution >= 0.6 is 0 Å². The van der Waals surface area contributed by atoms with E-state index in [-0.39, 0.29) is 22.6 Å². The first kappa shape index (κ1) is 13.5. The lowest BCUT2D eigenvalue weighted by molar-refractivity contribution is 0.0696. The molecule has 0 aliphatic heterocycles. The van der Waals surface area contributed by atoms with Crippen molar-refractivity contribution in [3.63, 3.8) is 0 Å². The molecule has 0 fully saturated rings. The highest BCUT2D eigenvalue weighted by Crippen LogP contribution is 2.22. The van der Waals surface area contributed by atoms with Crippen LogP contribution in [0.1, 0.15) is 20.7 Å². The van der Waals surface area contributed by atoms with Gasteiger partial charge in [-0.05, 0) is 30.3 Å². The molecule has 0 atom stereocenters. The fourth-order valence-corrected chi connectivity index (χ4v) is 1.58. The molecule has 1 amide bonds. The van der Waals surface area contributed by atoms with E-state index in [9.17, 15) is 14.0 Å². The van der Waals surface area contributed by atoms with Crippen LogP contribution in [0.5, 0.6) is 0 Å². The highest BCUT2D eigenvalue weighted by Gasteiger charge is 2.12. The molecule has 1 aromatic heterocycles. The molecule has 1 heterocycles. The van der Waals surface area contributed by atoms with Gasteiger partial charge in [-0.25, -0.2) is 14.2 Å². The number of carboxylic acid groups (broad SMARTS) is 1. The van der Waals surface area contributed by atoms with Crippen LogP contribution < -0.4 is 11.1 Å². The number of hydrogen-bond donors (Lipinski definition) is 3. The minimum absolute atomic E-state index is 0.00352. The fourth-order valence-electron chi connectivity index (χ4n) is 1.58. The van der Waals surface area contributed by atoms with Crippen molar-refractivity contribution < 1.29 is 19.1 Å². The number of amides is 1. The minimum Gasteiger partial charge on any atom is -0.478 e. The number of primary amides is 1. The molecule has 4 N–H and O–H groups in total. The van der Waals surface area contributed by atoms with Crippen LogP contribution in [-0.2, 0) is 0 Å². The molecule has 0 radical (unpaired) electrons. The zero-order chi connectivity index (χ0) is 14.7. The molecule has 2 aromatic rings. The van der Waals surface area contributed by atoms with Gasteiger partial charge in [0, 0.05) is 6.20 Å². The van der Waals surface area contributed by atoms with Gasteiger partial charge < -0.3 is 16.2 Å². The SMILES string of the molecule is NC(=O)c1cccnc1Nc1ccc(C(=O)O)cc1F. The number of nitrogens with zero attached hydrogens (tertiary/aromatic N) is 1. The average Bonchev–Trinajstić information content (AvgIpc) is 2.41. The zero-order valence-corrected chi connectivity index (χ0v) is 10.1. The topological polar surface area (TPSA) is 105 Å². The predicted molar refractivity (Wildman–Crippen MR) is 69.4 cm³/mol. The largest absolute Gasteiger partial charge is 0.478 e. The molecular formula is C13H10FN3O3. The van der Waals surface area contributed by atoms with Gasteiger partial charge in [0.1, 0.15) is 11.6 Å². The Hall–Kier alpha value is -2.96. The summed E-state index contributed by atoms with van der Waals surface area (Å²) in [6.45, 7) is 0. The molecule has 0 saturated carbocycles. The standard InChI is InChI=1S/C13H10FN3O3/c14-9-6-7(13(19)20)3-4-10(9)17-12-8(11(15)18)2-1-5-16-12/h1-6H,(H2,15,18)(H,16,17)(H,19,20). The third-order valence-corrected chi connectivity index (χ3v) is 2.54. The second-order valence-corrected chi connectivity index (χ2v) is 3.89. The van der Waals surface area contributed by atoms with E-state index in [1.54, 1.807) is 0 Å². The molecule has 1 aromatic carbocycles. The van der Waals surface area contributed by atoms with Gasteiger partial charge in [-0.3, -0.25) is 4.79 Å². The van der Waals surface area contributed by atoms with E-state index in [1.165, 1.54) is 30.5 Å². The molecule has 0 bridgehead atoms. The summed E-state index contributed by atoms with van der Waals surface area (Å²) in [5, 5.41) is 11.4. The van der Waals surface area contributed by atoms with Crippen LogP contribution in [0.15, 0.2) is 36.5 Å². The van der Waals surface area contributed by atoms with Crippen molar-refractivity contribution in [1.29, 1.82) is 0 Å². The quantitative estimate of drug-likeness (QED) is 0.788. The van der Waals surface area contributed by atoms with Gasteiger partial charge in [-0.15, -0.1) is 0 Å². The lowest BCUT2D eigenvalue weighted by atomic mass is 10.2. The third-order valence-electron chi connectivity index (χ3n) is 2.54. The van der Waals surface area contributed by atoms with Gasteiger partial charge >= 0.3 is 5.97 Å². The Morgan fingerprint density at radius 2 is 2.05 bits per heavy atom. The van der Waals surface area contributed by atoms with Crippen molar-refractivity contribution in [1.82, 2.24) is 4.98 Å². The van der Waals surface area contributed by atoms with Gasteiger partial charge in [-0.1, -0.05) is 0 Å². The summed E-state index contributed by atoms with van der Waals surface area (Å²) in [5.41, 5.74) is 5.11. The van der Waals surface area contributed by atoms with Crippen LogP contribution in [0.4, 0.5) is 15.9 Å². The Bertz CT molecular complexity index is 688. The number of carbonyl (C=O) groups is 2. The molecule has 0 aliphatic rings. The van der Waals surface area contributed by atoms with Crippen LogP contribution in [0.3, 0.4) is 0 Å². The molecule has 0 aliphatic carbocycles. The molecule has 102 valence electrons. The summed E-state index contributed by atoms with van der Waals surface area (Å²) >= 11 is 0. The van der Waals surface area contributed by atoms with E-state index in [4.69, 9.17) is 10.8 Å². The number of aromatic carboxylic acids is 1. The maximum Gasteiger partial charge on any atom is 0.335 e. The summed E-state index contributed by atoms with van der Waals surface area (Å²) in [4.78, 5) is 25.8. The summed E-state index contributed by atoms with van der Waals surface area (Å²) in [6, 6.07) is 6.33. The maximum absolute atomic E-state index is 13.8. The van der Waals surface area contributed by atoms with Crippen molar-refractivity contribution in [2.24, 2.45) is 5.73 Å². The Morgan fingerprint density at radius 1 is 1.30 bits per heavy atom. The highest BCUT2D eigenvalue weighted by molar-refractivity contribution is 5.98. The van der Waals surface area contributed by atoms with Crippen molar-refractivity contribution in [2.45, 2.75) is 0 Å². The zero-order valence-electron chi connectivity index (χ0n) is 10.1. The van der Waals surface area contributed by atoms with E-state index >= 15 is 0 Å². The number of nitrogens with one attached hydrogen (secondary N) is 1. The molecule has 2 rings (SSSR count). The molecule has 0 unspecified atom stereocenters. The molecule has 0 spiro atoms. The van der Waals surface area contributed by atoms with Gasteiger partial charge in [0.05, 0.1) is 16.8 Å². The van der Waals surface area contributed by atoms with Crippen LogP contribution in [0.25, 0.3) is 0 Å². The molecule has 0 saturated heterocycles. The van der Waals surface area contributed by atoms with Crippen molar-refractivity contribution in [3.8, 4) is 0 Å². The van der Waals surface area contributed by atoms with Crippen LogP contribution in [0.2, 0.25) is 0 Å². The van der Waals surface area contributed by atoms with Crippen LogP contribution in [0, 0.1) is 5.82 Å². The number of aromatic nitrogens is 1. The summed E-state index contributed by atoms with van der Waals surface area (Å²) in [7, 11) is 0. The number of halogens is 1. The highest BCUT2D eigenvalue weighted by atomic mass is 19.1. The molecule has 20 heavy (non-hydrogen) atoms. The first-order valence-corrected chi connectivity index (χ1v) is 5.53. The fraction of sp³-hybridized carbons (Fsp3) is 0. The minimum atomic E-state index is -1.23. The van der Waals surface area contributed by atoms with Gasteiger partial charge in [0.25, 0.3) is 5.91 Å². The van der Waals surface area contributed by atoms with Crippen LogP contribution in [-0.4, -0.2) is 22.0 Å². The van der Waals surface area contributed by atoms with E-state index in [1.807, 2.05) is 0 Å². The lowest BCUT2D eigenvalue weighted by Crippen LogP contribution is -2.14. The molecule has 6 nitrogen and oxygen atoms in total. The van der Waals surface area contributed by atoms with Crippen molar-refractivity contribution >= 4 is 23.4 Å². The second-order valence-electron chi connectivity index (χ2n) is 3.89. The van der Waals surface area contributed by atoms with Crippen molar-refractivity contribution in [3.05, 3.63) is 53.5 Å². The molecule has 7 heteroatoms. The normalized spacial score (nSPS) is 10.1. The number of nitrogens with two attached hydrogens (primary N) is 1. The summed E-state index contributed by atoms with van der Waals surface area (Å²) in [5.74, 6) is -2.61. The first-order chi connectivity index (χ1) is 9.49. The van der Waals surface area contributed by atoms with E-state index in [0.717, 1.165) is 6.07 Å². The van der Waals surface area contributed by atoms with E-state index in [0.29, 0.717) is 0 Å². The maximum atomic E-state index is 13.8. The number of benzene rings is 1. The third kappa shape index (κ3) is 2.72. The van der Waals surface area contributed by atoms with Gasteiger partial charge in [-0.2, -0.15) is 0 Å². The summed E-state index contributed by atoms with van der Waals surface area (Å²) < 4.78 is 13.8. The van der Waals surface area contributed by atoms with Gasteiger partial charge in [0.2, 0.25) is 0 Å². The average molecular weight is 275 g/mol. The number of carbonyl (C=O) groups excluding carboxylic acids is 1. The van der Waals surface area contributed by atoms with Crippen molar-refractivity contribution in [2.75, 3.05) is 5.32 Å². The Morgan fingerprint density at radius 3 is 2.65 bits per heavy atom. The second kappa shape index (κ2) is 5.35. The number of carboxylic acids is 1. The number of rotatable bonds is 4. The Balaban J connectivity index is 2.36.